The molecule has 2 aliphatic heterocycles. The molecule has 0 aromatic heterocycles. The summed E-state index contributed by atoms with van der Waals surface area (Å²) in [6, 6.07) is 8.31. The topological polar surface area (TPSA) is 59.1 Å². The van der Waals surface area contributed by atoms with E-state index in [2.05, 4.69) is 46.9 Å². The average Bonchev–Trinajstić information content (AvgIpc) is 3.42. The van der Waals surface area contributed by atoms with Crippen LogP contribution in [0.4, 0.5) is 5.69 Å². The summed E-state index contributed by atoms with van der Waals surface area (Å²) in [6.07, 6.45) is 7.26. The molecule has 1 saturated carbocycles. The van der Waals surface area contributed by atoms with Gasteiger partial charge in [0, 0.05) is 69.7 Å². The number of anilines is 1. The molecule has 1 aliphatic carbocycles. The third-order valence-corrected chi connectivity index (χ3v) is 7.57. The normalized spacial score (nSPS) is 19.9. The van der Waals surface area contributed by atoms with Crippen molar-refractivity contribution in [3.8, 4) is 0 Å². The standard InChI is InChI=1S/C24H37N5O2.C4H10/c1-2-26-10-16-29(17-11-26)23(30)19-27-12-14-28(15-13-27)22-9-5-6-20(18-22)24(31)25-21-7-3-4-8-21;1-3-4-2/h5-6,9,18,21H,2-4,7-8,10-17,19H2,1H3,(H,25,31);3-4H2,1-2H3. The highest BCUT2D eigenvalue weighted by molar-refractivity contribution is 5.95. The van der Waals surface area contributed by atoms with Crippen molar-refractivity contribution in [1.29, 1.82) is 0 Å². The first-order valence-electron chi connectivity index (χ1n) is 13.9. The number of hydrogen-bond donors (Lipinski definition) is 1. The zero-order chi connectivity index (χ0) is 25.0. The molecule has 3 fully saturated rings. The van der Waals surface area contributed by atoms with Crippen LogP contribution in [0.5, 0.6) is 0 Å². The monoisotopic (exact) mass is 485 g/mol. The Morgan fingerprint density at radius 3 is 2.09 bits per heavy atom. The van der Waals surface area contributed by atoms with Crippen LogP contribution in [-0.2, 0) is 4.79 Å². The minimum atomic E-state index is 0.0427. The van der Waals surface area contributed by atoms with Crippen molar-refractivity contribution in [2.24, 2.45) is 0 Å². The highest BCUT2D eigenvalue weighted by atomic mass is 16.2. The Morgan fingerprint density at radius 2 is 1.49 bits per heavy atom. The van der Waals surface area contributed by atoms with Crippen molar-refractivity contribution < 1.29 is 9.59 Å². The van der Waals surface area contributed by atoms with Gasteiger partial charge in [-0.1, -0.05) is 52.5 Å². The van der Waals surface area contributed by atoms with Gasteiger partial charge < -0.3 is 20.0 Å². The highest BCUT2D eigenvalue weighted by Crippen LogP contribution is 2.21. The number of piperazine rings is 2. The Kier molecular flexibility index (Phi) is 11.3. The Labute approximate surface area is 212 Å². The number of carbonyl (C=O) groups is 2. The summed E-state index contributed by atoms with van der Waals surface area (Å²) in [5.74, 6) is 0.302. The molecule has 0 spiro atoms. The largest absolute Gasteiger partial charge is 0.369 e. The molecule has 3 aliphatic rings. The van der Waals surface area contributed by atoms with Gasteiger partial charge in [-0.05, 0) is 37.6 Å². The predicted molar refractivity (Wildman–Crippen MR) is 144 cm³/mol. The van der Waals surface area contributed by atoms with E-state index in [-0.39, 0.29) is 11.8 Å². The molecular weight excluding hydrogens is 438 g/mol. The van der Waals surface area contributed by atoms with E-state index in [1.54, 1.807) is 0 Å². The van der Waals surface area contributed by atoms with Crippen LogP contribution in [-0.4, -0.2) is 98.0 Å². The molecule has 0 atom stereocenters. The molecule has 1 aromatic rings. The van der Waals surface area contributed by atoms with Gasteiger partial charge >= 0.3 is 0 Å². The van der Waals surface area contributed by atoms with Crippen LogP contribution in [0.15, 0.2) is 24.3 Å². The van der Waals surface area contributed by atoms with Crippen molar-refractivity contribution >= 4 is 17.5 Å². The third-order valence-electron chi connectivity index (χ3n) is 7.57. The van der Waals surface area contributed by atoms with E-state index < -0.39 is 0 Å². The summed E-state index contributed by atoms with van der Waals surface area (Å²) >= 11 is 0. The lowest BCUT2D eigenvalue weighted by Crippen LogP contribution is -2.53. The lowest BCUT2D eigenvalue weighted by molar-refractivity contribution is -0.134. The molecule has 1 aromatic carbocycles. The van der Waals surface area contributed by atoms with E-state index >= 15 is 0 Å². The minimum absolute atomic E-state index is 0.0427. The van der Waals surface area contributed by atoms with Gasteiger partial charge in [-0.15, -0.1) is 0 Å². The molecule has 0 radical (unpaired) electrons. The maximum Gasteiger partial charge on any atom is 0.251 e. The van der Waals surface area contributed by atoms with Crippen LogP contribution in [0, 0.1) is 0 Å². The molecule has 7 nitrogen and oxygen atoms in total. The molecule has 7 heteroatoms. The molecule has 4 rings (SSSR count). The summed E-state index contributed by atoms with van der Waals surface area (Å²) in [7, 11) is 0. The van der Waals surface area contributed by atoms with E-state index in [1.807, 2.05) is 23.1 Å². The number of nitrogens with one attached hydrogen (secondary N) is 1. The second-order valence-electron chi connectivity index (χ2n) is 10.1. The Balaban J connectivity index is 0.000000795. The second-order valence-corrected chi connectivity index (χ2v) is 10.1. The predicted octanol–water partition coefficient (Wildman–Crippen LogP) is 3.45. The number of likely N-dealkylation sites (N-methyl/N-ethyl adjacent to an activating group) is 1. The summed E-state index contributed by atoms with van der Waals surface area (Å²) in [5.41, 5.74) is 1.84. The molecular formula is C28H47N5O2. The molecule has 2 saturated heterocycles. The third kappa shape index (κ3) is 8.50. The van der Waals surface area contributed by atoms with Crippen molar-refractivity contribution in [2.75, 3.05) is 70.3 Å². The lowest BCUT2D eigenvalue weighted by atomic mass is 10.1. The lowest BCUT2D eigenvalue weighted by Gasteiger charge is -2.38. The Hall–Kier alpha value is -2.12. The molecule has 2 amide bonds. The number of hydrogen-bond acceptors (Lipinski definition) is 5. The van der Waals surface area contributed by atoms with Crippen molar-refractivity contribution in [3.63, 3.8) is 0 Å². The van der Waals surface area contributed by atoms with Crippen molar-refractivity contribution in [3.05, 3.63) is 29.8 Å². The van der Waals surface area contributed by atoms with Gasteiger partial charge in [-0.25, -0.2) is 0 Å². The molecule has 35 heavy (non-hydrogen) atoms. The number of unbranched alkanes of at least 4 members (excludes halogenated alkanes) is 1. The van der Waals surface area contributed by atoms with E-state index in [4.69, 9.17) is 0 Å². The fourth-order valence-corrected chi connectivity index (χ4v) is 4.95. The van der Waals surface area contributed by atoms with Crippen LogP contribution < -0.4 is 10.2 Å². The van der Waals surface area contributed by atoms with Gasteiger partial charge in [-0.3, -0.25) is 14.5 Å². The summed E-state index contributed by atoms with van der Waals surface area (Å²) < 4.78 is 0. The van der Waals surface area contributed by atoms with Gasteiger partial charge in [0.25, 0.3) is 5.91 Å². The van der Waals surface area contributed by atoms with Gasteiger partial charge in [0.15, 0.2) is 0 Å². The number of carbonyl (C=O) groups excluding carboxylic acids is 2. The average molecular weight is 486 g/mol. The smallest absolute Gasteiger partial charge is 0.251 e. The second kappa shape index (κ2) is 14.4. The molecule has 2 heterocycles. The summed E-state index contributed by atoms with van der Waals surface area (Å²) in [4.78, 5) is 34.3. The quantitative estimate of drug-likeness (QED) is 0.641. The van der Waals surface area contributed by atoms with E-state index in [9.17, 15) is 9.59 Å². The zero-order valence-corrected chi connectivity index (χ0v) is 22.3. The molecule has 1 N–H and O–H groups in total. The van der Waals surface area contributed by atoms with E-state index in [1.165, 1.54) is 25.7 Å². The number of nitrogens with zero attached hydrogens (tertiary/aromatic N) is 4. The van der Waals surface area contributed by atoms with Crippen LogP contribution >= 0.6 is 0 Å². The SMILES string of the molecule is CCCC.CCN1CCN(C(=O)CN2CCN(c3cccc(C(=O)NC4CCCC4)c3)CC2)CC1. The van der Waals surface area contributed by atoms with Crippen LogP contribution in [0.1, 0.15) is 69.7 Å². The highest BCUT2D eigenvalue weighted by Gasteiger charge is 2.25. The van der Waals surface area contributed by atoms with Crippen molar-refractivity contribution in [1.82, 2.24) is 20.0 Å². The zero-order valence-electron chi connectivity index (χ0n) is 22.3. The Bertz CT molecular complexity index is 777. The summed E-state index contributed by atoms with van der Waals surface area (Å²) in [5, 5.41) is 3.18. The van der Waals surface area contributed by atoms with Gasteiger partial charge in [0.2, 0.25) is 5.91 Å². The first-order valence-corrected chi connectivity index (χ1v) is 13.9. The van der Waals surface area contributed by atoms with Crippen LogP contribution in [0.2, 0.25) is 0 Å². The minimum Gasteiger partial charge on any atom is -0.369 e. The first kappa shape index (κ1) is 27.5. The number of rotatable bonds is 7. The van der Waals surface area contributed by atoms with Crippen LogP contribution in [0.25, 0.3) is 0 Å². The van der Waals surface area contributed by atoms with Crippen molar-refractivity contribution in [2.45, 2.75) is 65.3 Å². The summed E-state index contributed by atoms with van der Waals surface area (Å²) in [6.45, 7) is 15.3. The van der Waals surface area contributed by atoms with Gasteiger partial charge in [-0.2, -0.15) is 0 Å². The van der Waals surface area contributed by atoms with Gasteiger partial charge in [0.1, 0.15) is 0 Å². The number of amides is 2. The van der Waals surface area contributed by atoms with Gasteiger partial charge in [0.05, 0.1) is 6.54 Å². The molecule has 0 unspecified atom stereocenters. The fourth-order valence-electron chi connectivity index (χ4n) is 4.95. The number of benzene rings is 1. The molecule has 196 valence electrons. The fraction of sp³-hybridized carbons (Fsp3) is 0.714. The molecule has 0 bridgehead atoms. The Morgan fingerprint density at radius 1 is 0.857 bits per heavy atom. The van der Waals surface area contributed by atoms with E-state index in [0.29, 0.717) is 12.6 Å². The maximum atomic E-state index is 12.7. The maximum absolute atomic E-state index is 12.7. The van der Waals surface area contributed by atoms with E-state index in [0.717, 1.165) is 83.0 Å². The first-order chi connectivity index (χ1) is 17.0. The van der Waals surface area contributed by atoms with Crippen LogP contribution in [0.3, 0.4) is 0 Å².